The summed E-state index contributed by atoms with van der Waals surface area (Å²) >= 11 is 1.14. The molecule has 0 amide bonds. The maximum absolute atomic E-state index is 12.1. The molecule has 2 heterocycles. The Labute approximate surface area is 151 Å². The smallest absolute Gasteiger partial charge is 0.349 e. The lowest BCUT2D eigenvalue weighted by molar-refractivity contribution is 0.482. The summed E-state index contributed by atoms with van der Waals surface area (Å²) in [6.07, 6.45) is 0. The number of ether oxygens (including phenoxy) is 1. The highest BCUT2D eigenvalue weighted by Crippen LogP contribution is 2.31. The number of hydrogen-bond donors (Lipinski definition) is 1. The van der Waals surface area contributed by atoms with Crippen molar-refractivity contribution in [3.8, 4) is 17.6 Å². The van der Waals surface area contributed by atoms with E-state index in [9.17, 15) is 4.79 Å². The summed E-state index contributed by atoms with van der Waals surface area (Å²) in [5.41, 5.74) is 0.0557. The van der Waals surface area contributed by atoms with E-state index in [4.69, 9.17) is 14.4 Å². The number of nitriles is 1. The van der Waals surface area contributed by atoms with Crippen molar-refractivity contribution in [3.05, 3.63) is 76.0 Å². The van der Waals surface area contributed by atoms with Crippen molar-refractivity contribution in [1.82, 2.24) is 4.98 Å². The Hall–Kier alpha value is -3.63. The summed E-state index contributed by atoms with van der Waals surface area (Å²) in [7, 11) is 0. The topological polar surface area (TPSA) is 88.2 Å². The number of para-hydroxylation sites is 3. The molecule has 7 heteroatoms. The predicted molar refractivity (Wildman–Crippen MR) is 99.1 cm³/mol. The van der Waals surface area contributed by atoms with E-state index in [1.165, 1.54) is 6.07 Å². The maximum atomic E-state index is 12.1. The molecule has 0 radical (unpaired) electrons. The van der Waals surface area contributed by atoms with Crippen LogP contribution in [0.1, 0.15) is 4.88 Å². The van der Waals surface area contributed by atoms with Gasteiger partial charge in [-0.2, -0.15) is 10.2 Å². The fourth-order valence-corrected chi connectivity index (χ4v) is 3.18. The molecule has 2 aromatic heterocycles. The van der Waals surface area contributed by atoms with Crippen LogP contribution in [-0.4, -0.2) is 4.98 Å². The zero-order valence-corrected chi connectivity index (χ0v) is 14.1. The quantitative estimate of drug-likeness (QED) is 0.569. The van der Waals surface area contributed by atoms with E-state index in [1.807, 2.05) is 48.5 Å². The minimum absolute atomic E-state index is 0.0398. The Balaban J connectivity index is 1.69. The van der Waals surface area contributed by atoms with Gasteiger partial charge in [0.1, 0.15) is 21.5 Å². The lowest BCUT2D eigenvalue weighted by Gasteiger charge is -2.11. The van der Waals surface area contributed by atoms with Crippen molar-refractivity contribution >= 4 is 33.3 Å². The molecule has 0 atom stereocenters. The molecule has 0 unspecified atom stereocenters. The average Bonchev–Trinajstić information content (AvgIpc) is 3.08. The van der Waals surface area contributed by atoms with Gasteiger partial charge in [-0.15, -0.1) is 11.3 Å². The number of fused-ring (bicyclic) bond motifs is 1. The van der Waals surface area contributed by atoms with E-state index in [0.29, 0.717) is 32.3 Å². The molecule has 4 aromatic rings. The van der Waals surface area contributed by atoms with Crippen molar-refractivity contribution < 1.29 is 9.15 Å². The van der Waals surface area contributed by atoms with Gasteiger partial charge in [-0.3, -0.25) is 0 Å². The average molecular weight is 361 g/mol. The largest absolute Gasteiger partial charge is 0.455 e. The summed E-state index contributed by atoms with van der Waals surface area (Å²) in [6.45, 7) is 0. The third-order valence-electron chi connectivity index (χ3n) is 3.53. The predicted octanol–water partition coefficient (Wildman–Crippen LogP) is 4.66. The van der Waals surface area contributed by atoms with Gasteiger partial charge < -0.3 is 14.5 Å². The molecule has 26 heavy (non-hydrogen) atoms. The lowest BCUT2D eigenvalue weighted by Crippen LogP contribution is -2.04. The van der Waals surface area contributed by atoms with Crippen molar-refractivity contribution in [2.75, 3.05) is 5.32 Å². The fourth-order valence-electron chi connectivity index (χ4n) is 2.37. The zero-order chi connectivity index (χ0) is 17.9. The van der Waals surface area contributed by atoms with Crippen LogP contribution in [0.25, 0.3) is 10.2 Å². The molecule has 1 N–H and O–H groups in total. The first-order valence-electron chi connectivity index (χ1n) is 7.67. The van der Waals surface area contributed by atoms with E-state index in [2.05, 4.69) is 10.3 Å². The van der Waals surface area contributed by atoms with Crippen LogP contribution in [0.15, 0.2) is 69.9 Å². The van der Waals surface area contributed by atoms with Crippen LogP contribution >= 0.6 is 11.3 Å². The van der Waals surface area contributed by atoms with E-state index in [-0.39, 0.29) is 6.01 Å². The molecule has 0 aliphatic rings. The van der Waals surface area contributed by atoms with Crippen LogP contribution in [0.3, 0.4) is 0 Å². The molecule has 0 spiro atoms. The minimum Gasteiger partial charge on any atom is -0.455 e. The lowest BCUT2D eigenvalue weighted by atomic mass is 10.3. The number of thiophene rings is 1. The second-order valence-corrected chi connectivity index (χ2v) is 6.31. The molecule has 0 bridgehead atoms. The highest BCUT2D eigenvalue weighted by Gasteiger charge is 2.12. The molecule has 2 aromatic carbocycles. The first-order chi connectivity index (χ1) is 12.7. The Kier molecular flexibility index (Phi) is 4.09. The summed E-state index contributed by atoms with van der Waals surface area (Å²) < 4.78 is 11.1. The standard InChI is InChI=1S/C19H11N3O3S/c20-11-13-10-14-17(26-13)22-19(25-18(14)23)21-15-8-4-5-9-16(15)24-12-6-2-1-3-7-12/h1-10H,(H,21,22). The fraction of sp³-hybridized carbons (Fsp3) is 0. The molecular weight excluding hydrogens is 350 g/mol. The van der Waals surface area contributed by atoms with Gasteiger partial charge in [-0.25, -0.2) is 4.79 Å². The molecule has 0 aliphatic carbocycles. The molecule has 0 saturated carbocycles. The van der Waals surface area contributed by atoms with E-state index < -0.39 is 5.63 Å². The van der Waals surface area contributed by atoms with Crippen LogP contribution in [0.5, 0.6) is 11.5 Å². The highest BCUT2D eigenvalue weighted by atomic mass is 32.1. The van der Waals surface area contributed by atoms with Crippen LogP contribution in [0.2, 0.25) is 0 Å². The summed E-state index contributed by atoms with van der Waals surface area (Å²) in [4.78, 5) is 17.2. The van der Waals surface area contributed by atoms with Crippen LogP contribution < -0.4 is 15.7 Å². The second kappa shape index (κ2) is 6.70. The van der Waals surface area contributed by atoms with Crippen molar-refractivity contribution in [2.45, 2.75) is 0 Å². The normalized spacial score (nSPS) is 10.4. The number of hydrogen-bond acceptors (Lipinski definition) is 7. The van der Waals surface area contributed by atoms with Gasteiger partial charge in [0.2, 0.25) is 0 Å². The first-order valence-corrected chi connectivity index (χ1v) is 8.48. The maximum Gasteiger partial charge on any atom is 0.349 e. The third kappa shape index (κ3) is 3.14. The molecule has 126 valence electrons. The van der Waals surface area contributed by atoms with Crippen LogP contribution in [-0.2, 0) is 0 Å². The molecule has 0 aliphatic heterocycles. The van der Waals surface area contributed by atoms with E-state index in [0.717, 1.165) is 11.3 Å². The van der Waals surface area contributed by atoms with Gasteiger partial charge in [0, 0.05) is 0 Å². The monoisotopic (exact) mass is 361 g/mol. The Bertz CT molecular complexity index is 1180. The number of rotatable bonds is 4. The van der Waals surface area contributed by atoms with Gasteiger partial charge in [0.05, 0.1) is 11.1 Å². The summed E-state index contributed by atoms with van der Waals surface area (Å²) in [5.74, 6) is 1.25. The van der Waals surface area contributed by atoms with Gasteiger partial charge in [-0.05, 0) is 30.3 Å². The van der Waals surface area contributed by atoms with Crippen LogP contribution in [0.4, 0.5) is 11.7 Å². The third-order valence-corrected chi connectivity index (χ3v) is 4.47. The number of aromatic nitrogens is 1. The van der Waals surface area contributed by atoms with E-state index in [1.54, 1.807) is 12.1 Å². The van der Waals surface area contributed by atoms with Crippen molar-refractivity contribution in [3.63, 3.8) is 0 Å². The Morgan fingerprint density at radius 3 is 2.69 bits per heavy atom. The summed E-state index contributed by atoms with van der Waals surface area (Å²) in [5, 5.41) is 12.2. The Morgan fingerprint density at radius 1 is 1.12 bits per heavy atom. The van der Waals surface area contributed by atoms with Crippen LogP contribution in [0, 0.1) is 11.3 Å². The minimum atomic E-state index is -0.545. The zero-order valence-electron chi connectivity index (χ0n) is 13.3. The second-order valence-electron chi connectivity index (χ2n) is 5.28. The van der Waals surface area contributed by atoms with Gasteiger partial charge in [-0.1, -0.05) is 30.3 Å². The number of nitrogens with zero attached hydrogens (tertiary/aromatic N) is 2. The molecule has 0 saturated heterocycles. The number of nitrogens with one attached hydrogen (secondary N) is 1. The van der Waals surface area contributed by atoms with Crippen molar-refractivity contribution in [2.24, 2.45) is 0 Å². The first kappa shape index (κ1) is 15.9. The van der Waals surface area contributed by atoms with Gasteiger partial charge in [0.15, 0.2) is 5.75 Å². The summed E-state index contributed by atoms with van der Waals surface area (Å²) in [6, 6.07) is 20.1. The van der Waals surface area contributed by atoms with Crippen molar-refractivity contribution in [1.29, 1.82) is 5.26 Å². The Morgan fingerprint density at radius 2 is 1.88 bits per heavy atom. The van der Waals surface area contributed by atoms with Gasteiger partial charge >= 0.3 is 11.6 Å². The van der Waals surface area contributed by atoms with Gasteiger partial charge in [0.25, 0.3) is 0 Å². The molecule has 0 fully saturated rings. The molecule has 4 rings (SSSR count). The SMILES string of the molecule is N#Cc1cc2c(=O)oc(Nc3ccccc3Oc3ccccc3)nc2s1. The van der Waals surface area contributed by atoms with E-state index >= 15 is 0 Å². The molecule has 6 nitrogen and oxygen atoms in total. The number of anilines is 2. The molecular formula is C19H11N3O3S. The highest BCUT2D eigenvalue weighted by molar-refractivity contribution is 7.19. The number of benzene rings is 2.